The summed E-state index contributed by atoms with van der Waals surface area (Å²) in [5.41, 5.74) is 5.27. The molecule has 1 aromatic heterocycles. The first-order valence-corrected chi connectivity index (χ1v) is 5.71. The fourth-order valence-corrected chi connectivity index (χ4v) is 3.24. The Morgan fingerprint density at radius 3 is 3.07 bits per heavy atom. The van der Waals surface area contributed by atoms with Gasteiger partial charge in [-0.2, -0.15) is 0 Å². The summed E-state index contributed by atoms with van der Waals surface area (Å²) in [5, 5.41) is 3.96. The van der Waals surface area contributed by atoms with Crippen molar-refractivity contribution in [1.29, 1.82) is 0 Å². The van der Waals surface area contributed by atoms with Gasteiger partial charge in [0.05, 0.1) is 5.03 Å². The summed E-state index contributed by atoms with van der Waals surface area (Å²) in [6.45, 7) is 0.804. The van der Waals surface area contributed by atoms with Crippen LogP contribution >= 0.6 is 10.5 Å². The Hall–Kier alpha value is -1.20. The van der Waals surface area contributed by atoms with Crippen LogP contribution in [0.25, 0.3) is 0 Å². The van der Waals surface area contributed by atoms with Crippen LogP contribution in [-0.2, 0) is 4.79 Å². The molecule has 0 spiro atoms. The molecule has 0 aliphatic carbocycles. The zero-order chi connectivity index (χ0) is 9.97. The number of aromatic nitrogens is 1. The molecule has 2 rings (SSSR count). The summed E-state index contributed by atoms with van der Waals surface area (Å²) in [4.78, 5) is 15.9. The Kier molecular flexibility index (Phi) is 2.60. The Morgan fingerprint density at radius 1 is 1.57 bits per heavy atom. The van der Waals surface area contributed by atoms with E-state index in [-0.39, 0.29) is 16.4 Å². The van der Waals surface area contributed by atoms with Gasteiger partial charge in [0.2, 0.25) is 0 Å². The van der Waals surface area contributed by atoms with Crippen molar-refractivity contribution in [3.8, 4) is 0 Å². The normalized spacial score (nSPS) is 21.1. The first-order chi connectivity index (χ1) is 6.79. The zero-order valence-corrected chi connectivity index (χ0v) is 8.38. The Labute approximate surface area is 84.5 Å². The van der Waals surface area contributed by atoms with Gasteiger partial charge < -0.3 is 5.73 Å². The van der Waals surface area contributed by atoms with Crippen LogP contribution in [0.3, 0.4) is 0 Å². The molecule has 0 aromatic carbocycles. The van der Waals surface area contributed by atoms with Crippen molar-refractivity contribution in [2.24, 2.45) is 5.73 Å². The lowest BCUT2D eigenvalue weighted by molar-refractivity contribution is -0.112. The lowest BCUT2D eigenvalue weighted by Gasteiger charge is -2.03. The molecule has 74 valence electrons. The maximum atomic E-state index is 11.1. The van der Waals surface area contributed by atoms with Crippen molar-refractivity contribution in [2.45, 2.75) is 5.03 Å². The quantitative estimate of drug-likeness (QED) is 0.670. The molecule has 1 amide bonds. The number of rotatable bonds is 2. The molecule has 5 heteroatoms. The molecule has 4 nitrogen and oxygen atoms in total. The van der Waals surface area contributed by atoms with E-state index < -0.39 is 0 Å². The van der Waals surface area contributed by atoms with E-state index in [4.69, 9.17) is 5.73 Å². The number of nitrogens with zero attached hydrogens (tertiary/aromatic N) is 1. The number of nitrogens with one attached hydrogen (secondary N) is 1. The largest absolute Gasteiger partial charge is 0.364 e. The molecule has 1 atom stereocenters. The van der Waals surface area contributed by atoms with Crippen molar-refractivity contribution in [1.82, 2.24) is 10.3 Å². The SMILES string of the molecule is NC(=O)C1=S(c2ccccn2)CCN1. The van der Waals surface area contributed by atoms with E-state index in [0.717, 1.165) is 17.3 Å². The molecule has 0 fully saturated rings. The summed E-state index contributed by atoms with van der Waals surface area (Å²) < 4.78 is 0. The van der Waals surface area contributed by atoms with Crippen LogP contribution in [0.1, 0.15) is 0 Å². The number of amides is 1. The zero-order valence-electron chi connectivity index (χ0n) is 7.56. The molecule has 1 unspecified atom stereocenters. The number of hydrogen-bond acceptors (Lipinski definition) is 3. The van der Waals surface area contributed by atoms with Crippen LogP contribution < -0.4 is 11.1 Å². The molecule has 0 radical (unpaired) electrons. The minimum Gasteiger partial charge on any atom is -0.364 e. The average molecular weight is 209 g/mol. The van der Waals surface area contributed by atoms with Gasteiger partial charge in [-0.15, -0.1) is 10.5 Å². The monoisotopic (exact) mass is 209 g/mol. The standard InChI is InChI=1S/C9H11N3OS/c10-8(13)9-12-5-6-14(9)7-3-1-2-4-11-7/h1-4,12H,5-6H2,(H2,10,13). The van der Waals surface area contributed by atoms with E-state index in [0.29, 0.717) is 4.99 Å². The van der Waals surface area contributed by atoms with E-state index in [1.54, 1.807) is 6.20 Å². The lowest BCUT2D eigenvalue weighted by atomic mass is 10.5. The molecule has 1 aromatic rings. The highest BCUT2D eigenvalue weighted by Crippen LogP contribution is 2.27. The maximum absolute atomic E-state index is 11.1. The van der Waals surface area contributed by atoms with E-state index in [1.807, 2.05) is 18.2 Å². The minimum absolute atomic E-state index is 0.239. The van der Waals surface area contributed by atoms with Crippen LogP contribution in [0, 0.1) is 0 Å². The van der Waals surface area contributed by atoms with Gasteiger partial charge in [0.1, 0.15) is 4.99 Å². The number of carbonyl (C=O) groups is 1. The Bertz CT molecular complexity index is 388. The van der Waals surface area contributed by atoms with E-state index in [2.05, 4.69) is 10.3 Å². The molecular weight excluding hydrogens is 198 g/mol. The van der Waals surface area contributed by atoms with Crippen LogP contribution in [0.2, 0.25) is 0 Å². The van der Waals surface area contributed by atoms with Crippen LogP contribution in [0.5, 0.6) is 0 Å². The highest BCUT2D eigenvalue weighted by Gasteiger charge is 2.18. The van der Waals surface area contributed by atoms with E-state index >= 15 is 0 Å². The molecular formula is C9H11N3OS. The van der Waals surface area contributed by atoms with Crippen molar-refractivity contribution in [3.63, 3.8) is 0 Å². The van der Waals surface area contributed by atoms with Gasteiger partial charge in [0.15, 0.2) is 0 Å². The van der Waals surface area contributed by atoms with Crippen molar-refractivity contribution >= 4 is 21.4 Å². The fourth-order valence-electron chi connectivity index (χ4n) is 1.37. The van der Waals surface area contributed by atoms with Gasteiger partial charge in [-0.1, -0.05) is 6.07 Å². The number of carbonyl (C=O) groups excluding carboxylic acids is 1. The molecule has 0 saturated carbocycles. The fraction of sp³-hybridized carbons (Fsp3) is 0.222. The smallest absolute Gasteiger partial charge is 0.265 e. The van der Waals surface area contributed by atoms with Crippen molar-refractivity contribution in [2.75, 3.05) is 12.3 Å². The van der Waals surface area contributed by atoms with E-state index in [1.165, 1.54) is 0 Å². The predicted molar refractivity (Wildman–Crippen MR) is 57.2 cm³/mol. The van der Waals surface area contributed by atoms with Gasteiger partial charge in [-0.3, -0.25) is 15.1 Å². The third-order valence-electron chi connectivity index (χ3n) is 1.95. The molecule has 3 N–H and O–H groups in total. The molecule has 1 aliphatic heterocycles. The highest BCUT2D eigenvalue weighted by atomic mass is 32.2. The number of nitrogens with two attached hydrogens (primary N) is 1. The molecule has 14 heavy (non-hydrogen) atoms. The molecule has 0 bridgehead atoms. The third kappa shape index (κ3) is 1.69. The van der Waals surface area contributed by atoms with Crippen LogP contribution in [0.15, 0.2) is 29.4 Å². The summed E-state index contributed by atoms with van der Waals surface area (Å²) in [5.74, 6) is 0.548. The topological polar surface area (TPSA) is 68.0 Å². The molecule has 0 saturated heterocycles. The lowest BCUT2D eigenvalue weighted by Crippen LogP contribution is -2.32. The van der Waals surface area contributed by atoms with Gasteiger partial charge in [-0.05, 0) is 12.1 Å². The van der Waals surface area contributed by atoms with Gasteiger partial charge in [0.25, 0.3) is 5.91 Å². The van der Waals surface area contributed by atoms with Gasteiger partial charge in [0, 0.05) is 18.5 Å². The second kappa shape index (κ2) is 3.89. The molecule has 1 aliphatic rings. The third-order valence-corrected chi connectivity index (χ3v) is 4.15. The first-order valence-electron chi connectivity index (χ1n) is 4.31. The van der Waals surface area contributed by atoms with Gasteiger partial charge in [-0.25, -0.2) is 0 Å². The average Bonchev–Trinajstić information content (AvgIpc) is 2.67. The Morgan fingerprint density at radius 2 is 2.43 bits per heavy atom. The van der Waals surface area contributed by atoms with E-state index in [9.17, 15) is 4.79 Å². The maximum Gasteiger partial charge on any atom is 0.265 e. The number of pyridine rings is 1. The predicted octanol–water partition coefficient (Wildman–Crippen LogP) is -0.0722. The number of hydrogen-bond donors (Lipinski definition) is 2. The van der Waals surface area contributed by atoms with Crippen molar-refractivity contribution in [3.05, 3.63) is 24.4 Å². The highest BCUT2D eigenvalue weighted by molar-refractivity contribution is 8.17. The Balaban J connectivity index is 2.43. The minimum atomic E-state index is -0.364. The second-order valence-electron chi connectivity index (χ2n) is 2.88. The first kappa shape index (κ1) is 9.36. The van der Waals surface area contributed by atoms with Crippen LogP contribution in [0.4, 0.5) is 0 Å². The van der Waals surface area contributed by atoms with Crippen LogP contribution in [-0.4, -0.2) is 28.2 Å². The summed E-state index contributed by atoms with van der Waals surface area (Å²) in [6.07, 6.45) is 1.74. The second-order valence-corrected chi connectivity index (χ2v) is 4.90. The summed E-state index contributed by atoms with van der Waals surface area (Å²) >= 11 is 0. The summed E-state index contributed by atoms with van der Waals surface area (Å²) in [6, 6.07) is 5.71. The van der Waals surface area contributed by atoms with Crippen molar-refractivity contribution < 1.29 is 4.79 Å². The molecule has 2 heterocycles. The number of primary amides is 1. The summed E-state index contributed by atoms with van der Waals surface area (Å²) in [7, 11) is -0.239. The van der Waals surface area contributed by atoms with Gasteiger partial charge >= 0.3 is 0 Å².